The van der Waals surface area contributed by atoms with Gasteiger partial charge < -0.3 is 9.42 Å². The van der Waals surface area contributed by atoms with E-state index < -0.39 is 10.0 Å². The standard InChI is InChI=1S/C18H23N3O4S/c1-13-5-6-14(2)17(11-13)26(23,24)21-8-4-7-20(9-10-21)18(22)16-12-15(3)25-19-16/h5-6,11-12H,4,7-10H2,1-3H3. The third-order valence-electron chi connectivity index (χ3n) is 4.55. The zero-order valence-electron chi connectivity index (χ0n) is 15.2. The van der Waals surface area contributed by atoms with E-state index in [-0.39, 0.29) is 18.1 Å². The van der Waals surface area contributed by atoms with Crippen LogP contribution in [0.2, 0.25) is 0 Å². The van der Waals surface area contributed by atoms with Gasteiger partial charge >= 0.3 is 0 Å². The van der Waals surface area contributed by atoms with Crippen molar-refractivity contribution in [2.24, 2.45) is 0 Å². The molecule has 1 amide bonds. The number of benzene rings is 1. The SMILES string of the molecule is Cc1ccc(C)c(S(=O)(=O)N2CCCN(C(=O)c3cc(C)on3)CC2)c1. The number of rotatable bonds is 3. The zero-order valence-corrected chi connectivity index (χ0v) is 16.0. The molecule has 3 rings (SSSR count). The van der Waals surface area contributed by atoms with Gasteiger partial charge in [-0.1, -0.05) is 17.3 Å². The van der Waals surface area contributed by atoms with Crippen molar-refractivity contribution in [3.8, 4) is 0 Å². The Morgan fingerprint density at radius 3 is 2.54 bits per heavy atom. The third-order valence-corrected chi connectivity index (χ3v) is 6.59. The van der Waals surface area contributed by atoms with Crippen LogP contribution < -0.4 is 0 Å². The van der Waals surface area contributed by atoms with Crippen LogP contribution in [0.3, 0.4) is 0 Å². The number of aromatic nitrogens is 1. The molecule has 1 aliphatic rings. The summed E-state index contributed by atoms with van der Waals surface area (Å²) in [6.45, 7) is 6.87. The van der Waals surface area contributed by atoms with Gasteiger partial charge in [0.2, 0.25) is 10.0 Å². The largest absolute Gasteiger partial charge is 0.361 e. The Morgan fingerprint density at radius 1 is 1.08 bits per heavy atom. The van der Waals surface area contributed by atoms with Gasteiger partial charge in [-0.3, -0.25) is 4.79 Å². The van der Waals surface area contributed by atoms with E-state index in [2.05, 4.69) is 5.16 Å². The monoisotopic (exact) mass is 377 g/mol. The summed E-state index contributed by atoms with van der Waals surface area (Å²) in [6, 6.07) is 7.02. The Labute approximate surface area is 153 Å². The lowest BCUT2D eigenvalue weighted by atomic mass is 10.2. The second kappa shape index (κ2) is 7.20. The highest BCUT2D eigenvalue weighted by Gasteiger charge is 2.30. The molecule has 1 saturated heterocycles. The summed E-state index contributed by atoms with van der Waals surface area (Å²) < 4.78 is 32.5. The smallest absolute Gasteiger partial charge is 0.276 e. The van der Waals surface area contributed by atoms with Gasteiger partial charge in [0.05, 0.1) is 4.90 Å². The van der Waals surface area contributed by atoms with Crippen molar-refractivity contribution in [2.75, 3.05) is 26.2 Å². The molecule has 1 aromatic heterocycles. The molecule has 0 radical (unpaired) electrons. The molecule has 0 aliphatic carbocycles. The van der Waals surface area contributed by atoms with Gasteiger partial charge in [-0.25, -0.2) is 8.42 Å². The Bertz CT molecular complexity index is 920. The first-order valence-corrected chi connectivity index (χ1v) is 10.0. The van der Waals surface area contributed by atoms with Gasteiger partial charge in [-0.15, -0.1) is 0 Å². The molecule has 2 aromatic rings. The van der Waals surface area contributed by atoms with Crippen molar-refractivity contribution in [2.45, 2.75) is 32.1 Å². The van der Waals surface area contributed by atoms with E-state index in [4.69, 9.17) is 4.52 Å². The van der Waals surface area contributed by atoms with Crippen LogP contribution in [0.5, 0.6) is 0 Å². The number of sulfonamides is 1. The van der Waals surface area contributed by atoms with Crippen LogP contribution in [-0.4, -0.2) is 54.9 Å². The molecule has 0 N–H and O–H groups in total. The van der Waals surface area contributed by atoms with Gasteiger partial charge in [-0.05, 0) is 44.4 Å². The Kier molecular flexibility index (Phi) is 5.15. The first-order valence-electron chi connectivity index (χ1n) is 8.59. The van der Waals surface area contributed by atoms with Gasteiger partial charge in [-0.2, -0.15) is 4.31 Å². The lowest BCUT2D eigenvalue weighted by molar-refractivity contribution is 0.0754. The minimum absolute atomic E-state index is 0.229. The highest BCUT2D eigenvalue weighted by atomic mass is 32.2. The average molecular weight is 377 g/mol. The molecular formula is C18H23N3O4S. The summed E-state index contributed by atoms with van der Waals surface area (Å²) in [4.78, 5) is 14.5. The fourth-order valence-electron chi connectivity index (χ4n) is 3.09. The quantitative estimate of drug-likeness (QED) is 0.818. The normalized spacial score (nSPS) is 16.5. The number of hydrogen-bond acceptors (Lipinski definition) is 5. The molecule has 1 aliphatic heterocycles. The highest BCUT2D eigenvalue weighted by Crippen LogP contribution is 2.22. The van der Waals surface area contributed by atoms with Crippen molar-refractivity contribution in [1.29, 1.82) is 0 Å². The molecule has 0 atom stereocenters. The van der Waals surface area contributed by atoms with Crippen molar-refractivity contribution in [3.63, 3.8) is 0 Å². The minimum Gasteiger partial charge on any atom is -0.361 e. The molecule has 0 saturated carbocycles. The molecular weight excluding hydrogens is 354 g/mol. The Morgan fingerprint density at radius 2 is 1.85 bits per heavy atom. The van der Waals surface area contributed by atoms with Crippen molar-refractivity contribution in [1.82, 2.24) is 14.4 Å². The maximum Gasteiger partial charge on any atom is 0.276 e. The lowest BCUT2D eigenvalue weighted by Gasteiger charge is -2.22. The van der Waals surface area contributed by atoms with Crippen LogP contribution in [0.15, 0.2) is 33.7 Å². The van der Waals surface area contributed by atoms with Gasteiger partial charge in [0.15, 0.2) is 5.69 Å². The number of nitrogens with zero attached hydrogens (tertiary/aromatic N) is 3. The maximum atomic E-state index is 13.1. The van der Waals surface area contributed by atoms with Gasteiger partial charge in [0, 0.05) is 32.2 Å². The van der Waals surface area contributed by atoms with E-state index in [1.165, 1.54) is 4.31 Å². The first-order chi connectivity index (χ1) is 12.3. The highest BCUT2D eigenvalue weighted by molar-refractivity contribution is 7.89. The molecule has 0 unspecified atom stereocenters. The summed E-state index contributed by atoms with van der Waals surface area (Å²) in [5.41, 5.74) is 1.89. The minimum atomic E-state index is -3.59. The van der Waals surface area contributed by atoms with E-state index in [1.807, 2.05) is 19.1 Å². The molecule has 7 nitrogen and oxygen atoms in total. The summed E-state index contributed by atoms with van der Waals surface area (Å²) in [6.07, 6.45) is 0.576. The summed E-state index contributed by atoms with van der Waals surface area (Å²) in [5, 5.41) is 3.76. The van der Waals surface area contributed by atoms with E-state index in [0.29, 0.717) is 36.7 Å². The van der Waals surface area contributed by atoms with Crippen LogP contribution in [0.4, 0.5) is 0 Å². The molecule has 0 bridgehead atoms. The van der Waals surface area contributed by atoms with Crippen LogP contribution in [0.1, 0.15) is 33.8 Å². The van der Waals surface area contributed by atoms with Crippen LogP contribution >= 0.6 is 0 Å². The van der Waals surface area contributed by atoms with Crippen LogP contribution in [0.25, 0.3) is 0 Å². The van der Waals surface area contributed by atoms with Crippen molar-refractivity contribution >= 4 is 15.9 Å². The number of hydrogen-bond donors (Lipinski definition) is 0. The van der Waals surface area contributed by atoms with Crippen molar-refractivity contribution in [3.05, 3.63) is 46.8 Å². The summed E-state index contributed by atoms with van der Waals surface area (Å²) in [7, 11) is -3.59. The molecule has 8 heteroatoms. The third kappa shape index (κ3) is 3.66. The number of carbonyl (C=O) groups excluding carboxylic acids is 1. The Hall–Kier alpha value is -2.19. The second-order valence-electron chi connectivity index (χ2n) is 6.64. The second-order valence-corrected chi connectivity index (χ2v) is 8.55. The maximum absolute atomic E-state index is 13.1. The van der Waals surface area contributed by atoms with E-state index in [9.17, 15) is 13.2 Å². The summed E-state index contributed by atoms with van der Waals surface area (Å²) in [5.74, 6) is 0.343. The lowest BCUT2D eigenvalue weighted by Crippen LogP contribution is -2.37. The fourth-order valence-corrected chi connectivity index (χ4v) is 4.87. The first kappa shape index (κ1) is 18.6. The predicted octanol–water partition coefficient (Wildman–Crippen LogP) is 2.14. The molecule has 1 fully saturated rings. The molecule has 0 spiro atoms. The Balaban J connectivity index is 1.77. The number of aryl methyl sites for hydroxylation is 3. The summed E-state index contributed by atoms with van der Waals surface area (Å²) >= 11 is 0. The topological polar surface area (TPSA) is 83.7 Å². The van der Waals surface area contributed by atoms with Gasteiger partial charge in [0.1, 0.15) is 5.76 Å². The number of amides is 1. The number of carbonyl (C=O) groups is 1. The van der Waals surface area contributed by atoms with Crippen LogP contribution in [-0.2, 0) is 10.0 Å². The molecule has 1 aromatic carbocycles. The zero-order chi connectivity index (χ0) is 18.9. The van der Waals surface area contributed by atoms with E-state index in [0.717, 1.165) is 11.1 Å². The van der Waals surface area contributed by atoms with Gasteiger partial charge in [0.25, 0.3) is 5.91 Å². The van der Waals surface area contributed by atoms with E-state index >= 15 is 0 Å². The predicted molar refractivity (Wildman–Crippen MR) is 96.4 cm³/mol. The van der Waals surface area contributed by atoms with Crippen molar-refractivity contribution < 1.29 is 17.7 Å². The fraction of sp³-hybridized carbons (Fsp3) is 0.444. The van der Waals surface area contributed by atoms with Crippen LogP contribution in [0, 0.1) is 20.8 Å². The molecule has 140 valence electrons. The average Bonchev–Trinajstić information content (AvgIpc) is 2.88. The molecule has 26 heavy (non-hydrogen) atoms. The molecule has 2 heterocycles. The van der Waals surface area contributed by atoms with E-state index in [1.54, 1.807) is 30.9 Å².